The zero-order valence-electron chi connectivity index (χ0n) is 18.3. The van der Waals surface area contributed by atoms with Gasteiger partial charge in [0.15, 0.2) is 6.61 Å². The van der Waals surface area contributed by atoms with E-state index in [1.807, 2.05) is 12.2 Å². The number of aromatic hydroxyl groups is 1. The molecule has 0 saturated carbocycles. The number of fused-ring (bicyclic) bond motifs is 1. The molecule has 0 aromatic heterocycles. The summed E-state index contributed by atoms with van der Waals surface area (Å²) in [5.41, 5.74) is 1.74. The molecule has 1 amide bonds. The topological polar surface area (TPSA) is 88.4 Å². The van der Waals surface area contributed by atoms with Gasteiger partial charge >= 0.3 is 5.97 Å². The lowest BCUT2D eigenvalue weighted by Crippen LogP contribution is -2.37. The maximum Gasteiger partial charge on any atom is 0.339 e. The summed E-state index contributed by atoms with van der Waals surface area (Å²) in [4.78, 5) is 32.3. The number of aryl methyl sites for hydroxylation is 1. The number of piperidine rings is 1. The molecule has 0 unspecified atom stereocenters. The maximum atomic E-state index is 12.7. The number of benzene rings is 1. The van der Waals surface area contributed by atoms with Gasteiger partial charge in [-0.05, 0) is 62.3 Å². The number of phenols is 1. The molecule has 1 N–H and O–H groups in total. The summed E-state index contributed by atoms with van der Waals surface area (Å²) in [5, 5.41) is 14.5. The summed E-state index contributed by atoms with van der Waals surface area (Å²) in [5.74, 6) is -0.736. The Hall–Kier alpha value is -2.80. The van der Waals surface area contributed by atoms with E-state index in [-0.39, 0.29) is 36.3 Å². The van der Waals surface area contributed by atoms with Crippen molar-refractivity contribution >= 4 is 29.2 Å². The number of likely N-dealkylation sites (tertiary alicyclic amines) is 1. The zero-order valence-corrected chi connectivity index (χ0v) is 19.1. The highest BCUT2D eigenvalue weighted by Crippen LogP contribution is 2.33. The monoisotopic (exact) mass is 460 g/mol. The van der Waals surface area contributed by atoms with E-state index < -0.39 is 5.97 Å². The van der Waals surface area contributed by atoms with E-state index in [2.05, 4.69) is 5.16 Å². The predicted octanol–water partition coefficient (Wildman–Crippen LogP) is 4.34. The van der Waals surface area contributed by atoms with Gasteiger partial charge in [0.25, 0.3) is 5.91 Å². The second-order valence-corrected chi connectivity index (χ2v) is 8.28. The van der Waals surface area contributed by atoms with Crippen molar-refractivity contribution in [3.63, 3.8) is 0 Å². The number of ether oxygens (including phenoxy) is 1. The molecule has 1 saturated heterocycles. The number of hydrogen-bond donors (Lipinski definition) is 1. The molecular weight excluding hydrogens is 432 g/mol. The van der Waals surface area contributed by atoms with Crippen LogP contribution in [-0.4, -0.2) is 53.9 Å². The normalized spacial score (nSPS) is 20.9. The highest BCUT2D eigenvalue weighted by molar-refractivity contribution is 6.33. The van der Waals surface area contributed by atoms with Gasteiger partial charge in [0, 0.05) is 19.5 Å². The Kier molecular flexibility index (Phi) is 8.73. The van der Waals surface area contributed by atoms with Crippen molar-refractivity contribution in [3.8, 4) is 5.75 Å². The van der Waals surface area contributed by atoms with Crippen LogP contribution in [0.3, 0.4) is 0 Å². The van der Waals surface area contributed by atoms with E-state index in [0.29, 0.717) is 22.4 Å². The van der Waals surface area contributed by atoms with Gasteiger partial charge in [-0.1, -0.05) is 35.0 Å². The Balaban J connectivity index is 1.85. The van der Waals surface area contributed by atoms with Gasteiger partial charge in [0.1, 0.15) is 12.4 Å². The van der Waals surface area contributed by atoms with Crippen LogP contribution in [0, 0.1) is 6.92 Å². The van der Waals surface area contributed by atoms with E-state index in [1.165, 1.54) is 6.07 Å². The number of rotatable bonds is 3. The van der Waals surface area contributed by atoms with Crippen LogP contribution in [-0.2, 0) is 20.8 Å². The molecule has 1 aromatic rings. The SMILES string of the molecule is Cc1cc(O)c(Cl)c2c1C(=O)OC/C=C/CC/C=C/C(=N/OCC(=O)N1CCCCC1)C2. The van der Waals surface area contributed by atoms with Crippen LogP contribution < -0.4 is 0 Å². The van der Waals surface area contributed by atoms with E-state index >= 15 is 0 Å². The van der Waals surface area contributed by atoms with Gasteiger partial charge in [-0.2, -0.15) is 0 Å². The summed E-state index contributed by atoms with van der Waals surface area (Å²) in [6, 6.07) is 1.44. The lowest BCUT2D eigenvalue weighted by molar-refractivity contribution is -0.137. The number of carbonyl (C=O) groups is 2. The quantitative estimate of drug-likeness (QED) is 0.411. The molecular formula is C24H29ClN2O5. The molecule has 172 valence electrons. The molecule has 0 bridgehead atoms. The first-order valence-electron chi connectivity index (χ1n) is 10.9. The third kappa shape index (κ3) is 6.36. The fourth-order valence-electron chi connectivity index (χ4n) is 3.79. The molecule has 8 heteroatoms. The van der Waals surface area contributed by atoms with E-state index in [4.69, 9.17) is 21.2 Å². The first kappa shape index (κ1) is 23.9. The number of esters is 1. The Morgan fingerprint density at radius 3 is 2.75 bits per heavy atom. The Morgan fingerprint density at radius 1 is 1.22 bits per heavy atom. The highest BCUT2D eigenvalue weighted by Gasteiger charge is 2.23. The second-order valence-electron chi connectivity index (χ2n) is 7.90. The van der Waals surface area contributed by atoms with E-state index in [0.717, 1.165) is 45.2 Å². The number of cyclic esters (lactones) is 1. The minimum atomic E-state index is -0.521. The van der Waals surface area contributed by atoms with Crippen LogP contribution in [0.4, 0.5) is 0 Å². The van der Waals surface area contributed by atoms with Crippen molar-refractivity contribution in [2.24, 2.45) is 5.16 Å². The van der Waals surface area contributed by atoms with Gasteiger partial charge in [0.2, 0.25) is 0 Å². The Labute approximate surface area is 193 Å². The molecule has 0 aliphatic carbocycles. The van der Waals surface area contributed by atoms with Gasteiger partial charge in [-0.25, -0.2) is 4.79 Å². The maximum absolute atomic E-state index is 12.7. The second kappa shape index (κ2) is 11.7. The number of halogens is 1. The average molecular weight is 461 g/mol. The number of allylic oxidation sites excluding steroid dienone is 3. The van der Waals surface area contributed by atoms with Crippen LogP contribution >= 0.6 is 11.6 Å². The van der Waals surface area contributed by atoms with Crippen LogP contribution in [0.2, 0.25) is 5.02 Å². The lowest BCUT2D eigenvalue weighted by Gasteiger charge is -2.26. The number of oxime groups is 1. The number of amides is 1. The van der Waals surface area contributed by atoms with Crippen molar-refractivity contribution in [1.82, 2.24) is 4.90 Å². The smallest absolute Gasteiger partial charge is 0.339 e. The molecule has 7 nitrogen and oxygen atoms in total. The predicted molar refractivity (Wildman–Crippen MR) is 123 cm³/mol. The van der Waals surface area contributed by atoms with Crippen LogP contribution in [0.1, 0.15) is 53.6 Å². The highest BCUT2D eigenvalue weighted by atomic mass is 35.5. The van der Waals surface area contributed by atoms with Crippen molar-refractivity contribution in [2.45, 2.75) is 45.4 Å². The first-order valence-corrected chi connectivity index (χ1v) is 11.3. The van der Waals surface area contributed by atoms with Crippen molar-refractivity contribution < 1.29 is 24.3 Å². The number of nitrogens with zero attached hydrogens (tertiary/aromatic N) is 2. The summed E-state index contributed by atoms with van der Waals surface area (Å²) in [6.07, 6.45) is 12.3. The van der Waals surface area contributed by atoms with Gasteiger partial charge in [-0.15, -0.1) is 0 Å². The fraction of sp³-hybridized carbons (Fsp3) is 0.458. The van der Waals surface area contributed by atoms with Crippen LogP contribution in [0.15, 0.2) is 35.5 Å². The van der Waals surface area contributed by atoms with Crippen LogP contribution in [0.5, 0.6) is 5.75 Å². The van der Waals surface area contributed by atoms with Gasteiger partial charge in [0.05, 0.1) is 16.3 Å². The third-order valence-electron chi connectivity index (χ3n) is 5.47. The zero-order chi connectivity index (χ0) is 22.9. The standard InChI is InChI=1S/C24H29ClN2O5/c1-17-14-20(28)23(25)19-15-18(26-32-16-21(29)27-11-7-5-8-12-27)10-6-3-2-4-9-13-31-24(30)22(17)19/h4,6,9-10,14,28H,2-3,5,7-8,11-13,15-16H2,1H3/b9-4+,10-6+,26-18-. The third-order valence-corrected chi connectivity index (χ3v) is 5.89. The number of carbonyl (C=O) groups excluding carboxylic acids is 2. The van der Waals surface area contributed by atoms with E-state index in [9.17, 15) is 14.7 Å². The molecule has 2 aliphatic rings. The Bertz CT molecular complexity index is 933. The average Bonchev–Trinajstić information content (AvgIpc) is 2.80. The molecule has 0 spiro atoms. The molecule has 0 atom stereocenters. The van der Waals surface area contributed by atoms with Crippen LogP contribution in [0.25, 0.3) is 0 Å². The van der Waals surface area contributed by atoms with Crippen molar-refractivity contribution in [3.05, 3.63) is 52.1 Å². The van der Waals surface area contributed by atoms with Gasteiger partial charge in [-0.3, -0.25) is 4.79 Å². The molecule has 32 heavy (non-hydrogen) atoms. The number of hydrogen-bond acceptors (Lipinski definition) is 6. The molecule has 2 heterocycles. The van der Waals surface area contributed by atoms with Crippen molar-refractivity contribution in [1.29, 1.82) is 0 Å². The number of phenolic OH excluding ortho intramolecular Hbond substituents is 1. The molecule has 3 rings (SSSR count). The fourth-order valence-corrected chi connectivity index (χ4v) is 4.01. The minimum Gasteiger partial charge on any atom is -0.506 e. The van der Waals surface area contributed by atoms with Gasteiger partial charge < -0.3 is 19.6 Å². The summed E-state index contributed by atoms with van der Waals surface area (Å²) >= 11 is 6.37. The summed E-state index contributed by atoms with van der Waals surface area (Å²) in [6.45, 7) is 3.21. The Morgan fingerprint density at radius 2 is 1.97 bits per heavy atom. The summed E-state index contributed by atoms with van der Waals surface area (Å²) in [7, 11) is 0. The largest absolute Gasteiger partial charge is 0.506 e. The molecule has 2 aliphatic heterocycles. The molecule has 1 aromatic carbocycles. The van der Waals surface area contributed by atoms with Crippen molar-refractivity contribution in [2.75, 3.05) is 26.3 Å². The molecule has 0 radical (unpaired) electrons. The molecule has 1 fully saturated rings. The lowest BCUT2D eigenvalue weighted by atomic mass is 9.96. The first-order chi connectivity index (χ1) is 15.5. The minimum absolute atomic E-state index is 0.0680. The summed E-state index contributed by atoms with van der Waals surface area (Å²) < 4.78 is 5.37. The van der Waals surface area contributed by atoms with E-state index in [1.54, 1.807) is 24.0 Å².